The zero-order chi connectivity index (χ0) is 9.97. The number of hydrogen-bond acceptors (Lipinski definition) is 2. The van der Waals surface area contributed by atoms with E-state index in [2.05, 4.69) is 9.89 Å². The Morgan fingerprint density at radius 2 is 2.00 bits per heavy atom. The van der Waals surface area contributed by atoms with Gasteiger partial charge in [-0.25, -0.2) is 0 Å². The van der Waals surface area contributed by atoms with Crippen LogP contribution < -0.4 is 4.90 Å². The standard InChI is InChI=1S/C11H13ClN2/c1-9-13-7-2-8-14(9)11-5-3-10(12)4-6-11/h3-6H,2,7-8H2,1H3. The van der Waals surface area contributed by atoms with E-state index in [1.165, 1.54) is 5.69 Å². The monoisotopic (exact) mass is 208 g/mol. The van der Waals surface area contributed by atoms with E-state index in [9.17, 15) is 0 Å². The predicted molar refractivity (Wildman–Crippen MR) is 61.4 cm³/mol. The van der Waals surface area contributed by atoms with Crippen LogP contribution >= 0.6 is 11.6 Å². The third-order valence-electron chi connectivity index (χ3n) is 2.41. The summed E-state index contributed by atoms with van der Waals surface area (Å²) >= 11 is 5.84. The first-order chi connectivity index (χ1) is 6.77. The molecule has 1 heterocycles. The molecule has 2 rings (SSSR count). The van der Waals surface area contributed by atoms with E-state index in [0.29, 0.717) is 0 Å². The van der Waals surface area contributed by atoms with Gasteiger partial charge in [-0.3, -0.25) is 4.99 Å². The van der Waals surface area contributed by atoms with Crippen LogP contribution in [0.4, 0.5) is 5.69 Å². The fraction of sp³-hybridized carbons (Fsp3) is 0.364. The maximum absolute atomic E-state index is 5.84. The van der Waals surface area contributed by atoms with Crippen LogP contribution in [-0.2, 0) is 0 Å². The Hall–Kier alpha value is -1.02. The molecule has 0 radical (unpaired) electrons. The highest BCUT2D eigenvalue weighted by Gasteiger charge is 2.12. The summed E-state index contributed by atoms with van der Waals surface area (Å²) in [6, 6.07) is 7.90. The first-order valence-corrected chi connectivity index (χ1v) is 5.19. The van der Waals surface area contributed by atoms with Gasteiger partial charge in [-0.15, -0.1) is 0 Å². The van der Waals surface area contributed by atoms with Crippen molar-refractivity contribution in [2.24, 2.45) is 4.99 Å². The van der Waals surface area contributed by atoms with E-state index in [4.69, 9.17) is 11.6 Å². The molecule has 14 heavy (non-hydrogen) atoms. The van der Waals surface area contributed by atoms with Crippen LogP contribution in [0.2, 0.25) is 5.02 Å². The molecule has 1 aliphatic heterocycles. The summed E-state index contributed by atoms with van der Waals surface area (Å²) in [5.74, 6) is 1.10. The van der Waals surface area contributed by atoms with Crippen LogP contribution in [0.15, 0.2) is 29.3 Å². The summed E-state index contributed by atoms with van der Waals surface area (Å²) in [6.07, 6.45) is 1.12. The first-order valence-electron chi connectivity index (χ1n) is 4.81. The second-order valence-corrected chi connectivity index (χ2v) is 3.85. The zero-order valence-corrected chi connectivity index (χ0v) is 8.96. The third-order valence-corrected chi connectivity index (χ3v) is 2.66. The quantitative estimate of drug-likeness (QED) is 0.693. The van der Waals surface area contributed by atoms with Gasteiger partial charge in [-0.05, 0) is 37.6 Å². The predicted octanol–water partition coefficient (Wildman–Crippen LogP) is 2.97. The Morgan fingerprint density at radius 3 is 2.64 bits per heavy atom. The number of amidine groups is 1. The molecule has 0 N–H and O–H groups in total. The second-order valence-electron chi connectivity index (χ2n) is 3.41. The summed E-state index contributed by atoms with van der Waals surface area (Å²) in [6.45, 7) is 4.06. The lowest BCUT2D eigenvalue weighted by atomic mass is 10.2. The number of benzene rings is 1. The van der Waals surface area contributed by atoms with E-state index in [-0.39, 0.29) is 0 Å². The normalized spacial score (nSPS) is 16.7. The minimum absolute atomic E-state index is 0.778. The van der Waals surface area contributed by atoms with Gasteiger partial charge >= 0.3 is 0 Å². The molecule has 3 heteroatoms. The van der Waals surface area contributed by atoms with Crippen molar-refractivity contribution < 1.29 is 0 Å². The van der Waals surface area contributed by atoms with Gasteiger partial charge in [0.1, 0.15) is 5.84 Å². The van der Waals surface area contributed by atoms with Crippen molar-refractivity contribution >= 4 is 23.1 Å². The van der Waals surface area contributed by atoms with Crippen LogP contribution in [0, 0.1) is 0 Å². The molecule has 2 nitrogen and oxygen atoms in total. The number of anilines is 1. The summed E-state index contributed by atoms with van der Waals surface area (Å²) in [5, 5.41) is 0.778. The highest BCUT2D eigenvalue weighted by Crippen LogP contribution is 2.20. The molecule has 1 aromatic carbocycles. The lowest BCUT2D eigenvalue weighted by Gasteiger charge is -2.27. The van der Waals surface area contributed by atoms with E-state index in [1.54, 1.807) is 0 Å². The SMILES string of the molecule is CC1=NCCCN1c1ccc(Cl)cc1. The molecule has 1 aliphatic rings. The second kappa shape index (κ2) is 4.01. The Labute approximate surface area is 89.2 Å². The smallest absolute Gasteiger partial charge is 0.100 e. The molecule has 0 amide bonds. The third kappa shape index (κ3) is 1.90. The topological polar surface area (TPSA) is 15.6 Å². The van der Waals surface area contributed by atoms with Gasteiger partial charge < -0.3 is 4.90 Å². The average molecular weight is 209 g/mol. The van der Waals surface area contributed by atoms with Gasteiger partial charge in [0.05, 0.1) is 0 Å². The average Bonchev–Trinajstić information content (AvgIpc) is 2.20. The Kier molecular flexibility index (Phi) is 2.73. The lowest BCUT2D eigenvalue weighted by Crippen LogP contribution is -2.33. The van der Waals surface area contributed by atoms with Crippen molar-refractivity contribution in [3.05, 3.63) is 29.3 Å². The Balaban J connectivity index is 2.26. The molecule has 74 valence electrons. The van der Waals surface area contributed by atoms with Crippen molar-refractivity contribution in [3.8, 4) is 0 Å². The van der Waals surface area contributed by atoms with Gasteiger partial charge in [0.15, 0.2) is 0 Å². The van der Waals surface area contributed by atoms with Crippen molar-refractivity contribution in [2.45, 2.75) is 13.3 Å². The molecular weight excluding hydrogens is 196 g/mol. The molecule has 0 bridgehead atoms. The number of nitrogens with zero attached hydrogens (tertiary/aromatic N) is 2. The molecule has 0 saturated heterocycles. The lowest BCUT2D eigenvalue weighted by molar-refractivity contribution is 0.787. The maximum atomic E-state index is 5.84. The van der Waals surface area contributed by atoms with Gasteiger partial charge in [-0.2, -0.15) is 0 Å². The van der Waals surface area contributed by atoms with E-state index in [1.807, 2.05) is 31.2 Å². The number of halogens is 1. The Bertz CT molecular complexity index is 343. The van der Waals surface area contributed by atoms with E-state index in [0.717, 1.165) is 30.4 Å². The minimum atomic E-state index is 0.778. The van der Waals surface area contributed by atoms with Crippen LogP contribution in [-0.4, -0.2) is 18.9 Å². The summed E-state index contributed by atoms with van der Waals surface area (Å²) in [7, 11) is 0. The number of rotatable bonds is 1. The summed E-state index contributed by atoms with van der Waals surface area (Å²) in [5.41, 5.74) is 1.18. The zero-order valence-electron chi connectivity index (χ0n) is 8.20. The molecule has 0 fully saturated rings. The molecule has 0 unspecified atom stereocenters. The van der Waals surface area contributed by atoms with Crippen LogP contribution in [0.1, 0.15) is 13.3 Å². The van der Waals surface area contributed by atoms with Gasteiger partial charge in [-0.1, -0.05) is 11.6 Å². The number of hydrogen-bond donors (Lipinski definition) is 0. The highest BCUT2D eigenvalue weighted by molar-refractivity contribution is 6.30. The Morgan fingerprint density at radius 1 is 1.29 bits per heavy atom. The molecule has 0 atom stereocenters. The molecule has 0 saturated carbocycles. The largest absolute Gasteiger partial charge is 0.330 e. The first kappa shape index (κ1) is 9.53. The van der Waals surface area contributed by atoms with Crippen LogP contribution in [0.25, 0.3) is 0 Å². The van der Waals surface area contributed by atoms with Crippen LogP contribution in [0.5, 0.6) is 0 Å². The fourth-order valence-electron chi connectivity index (χ4n) is 1.65. The number of aliphatic imine (C=N–C) groups is 1. The molecule has 0 aliphatic carbocycles. The van der Waals surface area contributed by atoms with Crippen molar-refractivity contribution in [1.82, 2.24) is 0 Å². The van der Waals surface area contributed by atoms with E-state index >= 15 is 0 Å². The van der Waals surface area contributed by atoms with Gasteiger partial charge in [0.25, 0.3) is 0 Å². The fourth-order valence-corrected chi connectivity index (χ4v) is 1.78. The van der Waals surface area contributed by atoms with Gasteiger partial charge in [0.2, 0.25) is 0 Å². The van der Waals surface area contributed by atoms with Crippen LogP contribution in [0.3, 0.4) is 0 Å². The molecular formula is C11H13ClN2. The maximum Gasteiger partial charge on any atom is 0.100 e. The molecule has 1 aromatic rings. The van der Waals surface area contributed by atoms with Crippen molar-refractivity contribution in [3.63, 3.8) is 0 Å². The summed E-state index contributed by atoms with van der Waals surface area (Å²) in [4.78, 5) is 6.64. The summed E-state index contributed by atoms with van der Waals surface area (Å²) < 4.78 is 0. The van der Waals surface area contributed by atoms with Gasteiger partial charge in [0, 0.05) is 23.8 Å². The van der Waals surface area contributed by atoms with Crippen molar-refractivity contribution in [2.75, 3.05) is 18.0 Å². The minimum Gasteiger partial charge on any atom is -0.330 e. The van der Waals surface area contributed by atoms with E-state index < -0.39 is 0 Å². The molecule has 0 spiro atoms. The molecule has 0 aromatic heterocycles. The highest BCUT2D eigenvalue weighted by atomic mass is 35.5. The van der Waals surface area contributed by atoms with Crippen molar-refractivity contribution in [1.29, 1.82) is 0 Å².